The lowest BCUT2D eigenvalue weighted by Crippen LogP contribution is -2.48. The number of aromatic nitrogens is 4. The largest absolute Gasteiger partial charge is 0.394 e. The van der Waals surface area contributed by atoms with Crippen molar-refractivity contribution >= 4 is 40.1 Å². The second-order valence-corrected chi connectivity index (χ2v) is 11.7. The van der Waals surface area contributed by atoms with E-state index in [0.717, 1.165) is 19.5 Å². The minimum atomic E-state index is -3.38. The summed E-state index contributed by atoms with van der Waals surface area (Å²) in [5.74, 6) is 1.84. The number of aliphatic hydroxyl groups excluding tert-OH is 1. The molecule has 3 aliphatic heterocycles. The Morgan fingerprint density at radius 1 is 1.09 bits per heavy atom. The zero-order chi connectivity index (χ0) is 23.7. The van der Waals surface area contributed by atoms with Gasteiger partial charge in [-0.05, 0) is 19.3 Å². The van der Waals surface area contributed by atoms with Gasteiger partial charge in [-0.3, -0.25) is 0 Å². The van der Waals surface area contributed by atoms with Crippen LogP contribution in [0.15, 0.2) is 17.3 Å². The molecule has 0 spiro atoms. The highest BCUT2D eigenvalue weighted by atomic mass is 35.5. The maximum Gasteiger partial charge on any atom is 0.331 e. The molecule has 3 fully saturated rings. The van der Waals surface area contributed by atoms with Crippen molar-refractivity contribution < 1.29 is 18.1 Å². The fourth-order valence-corrected chi connectivity index (χ4v) is 6.67. The molecule has 2 N–H and O–H groups in total. The van der Waals surface area contributed by atoms with Gasteiger partial charge >= 0.3 is 5.25 Å². The first kappa shape index (κ1) is 22.3. The van der Waals surface area contributed by atoms with Crippen LogP contribution in [0, 0.1) is 11.8 Å². The van der Waals surface area contributed by atoms with Crippen molar-refractivity contribution in [2.75, 3.05) is 47.9 Å². The van der Waals surface area contributed by atoms with Crippen LogP contribution < -0.4 is 15.1 Å². The Morgan fingerprint density at radius 3 is 2.26 bits per heavy atom. The molecule has 2 saturated heterocycles. The van der Waals surface area contributed by atoms with E-state index in [0.29, 0.717) is 54.7 Å². The summed E-state index contributed by atoms with van der Waals surface area (Å²) in [6, 6.07) is 0. The fourth-order valence-electron chi connectivity index (χ4n) is 5.40. The molecule has 9 nitrogen and oxygen atoms in total. The molecule has 2 aromatic rings. The molecule has 4 aliphatic rings. The normalized spacial score (nSPS) is 28.5. The third kappa shape index (κ3) is 3.61. The van der Waals surface area contributed by atoms with Crippen LogP contribution in [0.4, 0.5) is 26.5 Å². The summed E-state index contributed by atoms with van der Waals surface area (Å²) in [6.45, 7) is 2.76. The van der Waals surface area contributed by atoms with Gasteiger partial charge in [0.05, 0.1) is 41.7 Å². The average molecular weight is 512 g/mol. The van der Waals surface area contributed by atoms with Crippen molar-refractivity contribution in [2.24, 2.45) is 11.8 Å². The van der Waals surface area contributed by atoms with Gasteiger partial charge in [0.25, 0.3) is 0 Å². The molecule has 0 aromatic carbocycles. The molecule has 6 rings (SSSR count). The fraction of sp³-hybridized carbons (Fsp3) is 0.619. The first-order valence-corrected chi connectivity index (χ1v) is 12.9. The lowest BCUT2D eigenvalue weighted by atomic mass is 9.77. The standard InChI is InChI=1S/C21H24ClF2N7O2S/c22-14-5-25-18(26-6-14)30-7-12-9-31(10-13(12)8-30)19-27-15-4-21(23,24)34(33)16(15)17(28-19)29-20(11-32)2-1-3-20/h5-6,12-13,32H,1-4,7-11H2,(H,27,28,29). The molecule has 5 heterocycles. The van der Waals surface area contributed by atoms with Crippen molar-refractivity contribution in [2.45, 2.75) is 41.4 Å². The summed E-state index contributed by atoms with van der Waals surface area (Å²) < 4.78 is 41.3. The predicted octanol–water partition coefficient (Wildman–Crippen LogP) is 2.08. The molecule has 34 heavy (non-hydrogen) atoms. The number of hydrogen-bond donors (Lipinski definition) is 2. The number of hydrogen-bond acceptors (Lipinski definition) is 9. The van der Waals surface area contributed by atoms with Crippen LogP contribution in [-0.4, -0.2) is 72.8 Å². The van der Waals surface area contributed by atoms with E-state index >= 15 is 0 Å². The third-order valence-corrected chi connectivity index (χ3v) is 9.09. The van der Waals surface area contributed by atoms with Crippen LogP contribution in [0.2, 0.25) is 5.02 Å². The summed E-state index contributed by atoms with van der Waals surface area (Å²) in [5.41, 5.74) is -0.487. The van der Waals surface area contributed by atoms with E-state index < -0.39 is 28.0 Å². The van der Waals surface area contributed by atoms with Crippen LogP contribution in [0.3, 0.4) is 0 Å². The average Bonchev–Trinajstić information content (AvgIpc) is 3.41. The Morgan fingerprint density at radius 2 is 1.71 bits per heavy atom. The van der Waals surface area contributed by atoms with E-state index in [1.807, 2.05) is 4.90 Å². The number of nitrogens with one attached hydrogen (secondary N) is 1. The lowest BCUT2D eigenvalue weighted by molar-refractivity contribution is 0.104. The highest BCUT2D eigenvalue weighted by Gasteiger charge is 2.50. The molecule has 2 aromatic heterocycles. The molecule has 3 atom stereocenters. The summed E-state index contributed by atoms with van der Waals surface area (Å²) in [5, 5.41) is 10.2. The van der Waals surface area contributed by atoms with E-state index in [9.17, 15) is 18.1 Å². The Labute approximate surface area is 202 Å². The SMILES string of the molecule is O=S1c2c(nc(N3CC4CN(c5ncc(Cl)cn5)CC4C3)nc2NC2(CO)CCC2)CC1(F)F. The molecule has 3 unspecified atom stereocenters. The number of aliphatic hydroxyl groups is 1. The second kappa shape index (κ2) is 7.92. The van der Waals surface area contributed by atoms with Crippen molar-refractivity contribution in [3.05, 3.63) is 23.1 Å². The summed E-state index contributed by atoms with van der Waals surface area (Å²) in [6.07, 6.45) is 4.83. The van der Waals surface area contributed by atoms with E-state index in [4.69, 9.17) is 11.6 Å². The molecule has 13 heteroatoms. The third-order valence-electron chi connectivity index (χ3n) is 7.41. The molecule has 0 bridgehead atoms. The van der Waals surface area contributed by atoms with Gasteiger partial charge in [0.2, 0.25) is 11.9 Å². The van der Waals surface area contributed by atoms with Crippen molar-refractivity contribution in [1.29, 1.82) is 0 Å². The number of rotatable bonds is 5. The maximum absolute atomic E-state index is 14.4. The van der Waals surface area contributed by atoms with E-state index in [-0.39, 0.29) is 23.0 Å². The summed E-state index contributed by atoms with van der Waals surface area (Å²) >= 11 is 5.89. The minimum absolute atomic E-state index is 0.0288. The molecular formula is C21H24ClF2N7O2S. The summed E-state index contributed by atoms with van der Waals surface area (Å²) in [7, 11) is -2.53. The number of alkyl halides is 2. The van der Waals surface area contributed by atoms with Crippen LogP contribution in [-0.2, 0) is 17.2 Å². The van der Waals surface area contributed by atoms with Gasteiger partial charge in [-0.2, -0.15) is 13.8 Å². The maximum atomic E-state index is 14.4. The highest BCUT2D eigenvalue weighted by molar-refractivity contribution is 7.86. The van der Waals surface area contributed by atoms with Gasteiger partial charge in [0.1, 0.15) is 21.5 Å². The van der Waals surface area contributed by atoms with Crippen LogP contribution in [0.25, 0.3) is 0 Å². The highest BCUT2D eigenvalue weighted by Crippen LogP contribution is 2.44. The number of fused-ring (bicyclic) bond motifs is 2. The first-order valence-electron chi connectivity index (χ1n) is 11.3. The van der Waals surface area contributed by atoms with Crippen LogP contribution >= 0.6 is 11.6 Å². The van der Waals surface area contributed by atoms with Crippen molar-refractivity contribution in [1.82, 2.24) is 19.9 Å². The topological polar surface area (TPSA) is 107 Å². The van der Waals surface area contributed by atoms with Crippen LogP contribution in [0.1, 0.15) is 25.0 Å². The van der Waals surface area contributed by atoms with Crippen LogP contribution in [0.5, 0.6) is 0 Å². The summed E-state index contributed by atoms with van der Waals surface area (Å²) in [4.78, 5) is 21.8. The van der Waals surface area contributed by atoms with Gasteiger partial charge < -0.3 is 20.2 Å². The molecule has 0 radical (unpaired) electrons. The number of nitrogens with zero attached hydrogens (tertiary/aromatic N) is 6. The Hall–Kier alpha value is -2.18. The Balaban J connectivity index is 1.25. The van der Waals surface area contributed by atoms with E-state index in [1.54, 1.807) is 12.4 Å². The first-order chi connectivity index (χ1) is 16.3. The van der Waals surface area contributed by atoms with E-state index in [1.165, 1.54) is 0 Å². The second-order valence-electron chi connectivity index (χ2n) is 9.68. The quantitative estimate of drug-likeness (QED) is 0.623. The van der Waals surface area contributed by atoms with Gasteiger partial charge in [-0.15, -0.1) is 0 Å². The molecular weight excluding hydrogens is 488 g/mol. The Kier molecular flexibility index (Phi) is 5.19. The Bertz CT molecular complexity index is 1130. The number of anilines is 3. The van der Waals surface area contributed by atoms with Gasteiger partial charge in [-0.1, -0.05) is 11.6 Å². The van der Waals surface area contributed by atoms with Gasteiger partial charge in [0.15, 0.2) is 0 Å². The van der Waals surface area contributed by atoms with Gasteiger partial charge in [0, 0.05) is 38.0 Å². The lowest BCUT2D eigenvalue weighted by Gasteiger charge is -2.41. The molecule has 1 saturated carbocycles. The predicted molar refractivity (Wildman–Crippen MR) is 123 cm³/mol. The minimum Gasteiger partial charge on any atom is -0.394 e. The molecule has 182 valence electrons. The zero-order valence-corrected chi connectivity index (χ0v) is 19.8. The van der Waals surface area contributed by atoms with E-state index in [2.05, 4.69) is 30.2 Å². The molecule has 1 aliphatic carbocycles. The zero-order valence-electron chi connectivity index (χ0n) is 18.3. The molecule has 0 amide bonds. The van der Waals surface area contributed by atoms with Crippen molar-refractivity contribution in [3.63, 3.8) is 0 Å². The number of halogens is 3. The van der Waals surface area contributed by atoms with Gasteiger partial charge in [-0.25, -0.2) is 19.2 Å². The van der Waals surface area contributed by atoms with Crippen molar-refractivity contribution in [3.8, 4) is 0 Å². The smallest absolute Gasteiger partial charge is 0.331 e. The monoisotopic (exact) mass is 511 g/mol.